The Morgan fingerprint density at radius 3 is 2.47 bits per heavy atom. The zero-order valence-electron chi connectivity index (χ0n) is 20.7. The molecule has 1 aromatic carbocycles. The lowest BCUT2D eigenvalue weighted by atomic mass is 10.1. The lowest BCUT2D eigenvalue weighted by Gasteiger charge is -2.38. The fourth-order valence-corrected chi connectivity index (χ4v) is 8.37. The molecule has 0 spiro atoms. The number of piperidine rings is 1. The number of hydrogen-bond acceptors (Lipinski definition) is 6. The fraction of sp³-hybridized carbons (Fsp3) is 0.704. The Bertz CT molecular complexity index is 1190. The number of carbonyl (C=O) groups excluding carboxylic acids is 1. The normalized spacial score (nSPS) is 29.4. The van der Waals surface area contributed by atoms with Crippen molar-refractivity contribution in [3.05, 3.63) is 29.6 Å². The quantitative estimate of drug-likeness (QED) is 0.536. The topological polar surface area (TPSA) is 93.5 Å². The van der Waals surface area contributed by atoms with Gasteiger partial charge in [0.1, 0.15) is 11.4 Å². The number of halogens is 1. The highest BCUT2D eigenvalue weighted by atomic mass is 32.2. The Morgan fingerprint density at radius 1 is 1.14 bits per heavy atom. The maximum Gasteiger partial charge on any atom is 0.238 e. The number of sulfone groups is 1. The molecular weight excluding hydrogens is 479 g/mol. The van der Waals surface area contributed by atoms with Crippen LogP contribution in [0.15, 0.2) is 23.1 Å². The summed E-state index contributed by atoms with van der Waals surface area (Å²) in [4.78, 5) is 18.3. The van der Waals surface area contributed by atoms with Crippen LogP contribution in [-0.4, -0.2) is 72.7 Å². The summed E-state index contributed by atoms with van der Waals surface area (Å²) < 4.78 is 41.8. The standard InChI is InChI=1S/C27H35FN4O3S/c28-20-6-7-24(22(14-20)19-4-5-19)36(34,35)21-15-23(25(33)30-26(17-29)8-9-26)31(16-21)18-27(10-11-27)32-12-2-1-3-13-32/h6-7,14,19,21,23H,1-5,8-13,15-16,18H2,(H,30,33). The molecule has 2 unspecified atom stereocenters. The molecule has 1 aromatic rings. The van der Waals surface area contributed by atoms with Gasteiger partial charge >= 0.3 is 0 Å². The van der Waals surface area contributed by atoms with Crippen molar-refractivity contribution in [3.63, 3.8) is 0 Å². The first-order chi connectivity index (χ1) is 17.3. The van der Waals surface area contributed by atoms with Crippen molar-refractivity contribution < 1.29 is 17.6 Å². The molecular formula is C27H35FN4O3S. The second-order valence-corrected chi connectivity index (χ2v) is 14.0. The SMILES string of the molecule is N#CC1(NC(=O)C2CC(S(=O)(=O)c3ccc(F)cc3C3CC3)CN2CC2(N3CCCCC3)CC2)CC1. The first kappa shape index (κ1) is 24.3. The van der Waals surface area contributed by atoms with Gasteiger partial charge in [0.15, 0.2) is 9.84 Å². The van der Waals surface area contributed by atoms with Crippen LogP contribution in [0.4, 0.5) is 4.39 Å². The predicted molar refractivity (Wildman–Crippen MR) is 132 cm³/mol. The van der Waals surface area contributed by atoms with Crippen LogP contribution in [-0.2, 0) is 14.6 Å². The number of nitrogens with zero attached hydrogens (tertiary/aromatic N) is 3. The van der Waals surface area contributed by atoms with Gasteiger partial charge < -0.3 is 5.32 Å². The third kappa shape index (κ3) is 4.46. The smallest absolute Gasteiger partial charge is 0.238 e. The molecule has 2 atom stereocenters. The Morgan fingerprint density at radius 2 is 1.86 bits per heavy atom. The molecule has 0 radical (unpaired) electrons. The summed E-state index contributed by atoms with van der Waals surface area (Å²) in [7, 11) is -3.75. The molecule has 194 valence electrons. The maximum absolute atomic E-state index is 14.0. The maximum atomic E-state index is 14.0. The van der Waals surface area contributed by atoms with Crippen LogP contribution in [0.5, 0.6) is 0 Å². The molecule has 36 heavy (non-hydrogen) atoms. The van der Waals surface area contributed by atoms with Crippen molar-refractivity contribution in [3.8, 4) is 6.07 Å². The first-order valence-electron chi connectivity index (χ1n) is 13.5. The highest BCUT2D eigenvalue weighted by molar-refractivity contribution is 7.92. The van der Waals surface area contributed by atoms with E-state index >= 15 is 0 Å². The van der Waals surface area contributed by atoms with E-state index in [1.165, 1.54) is 37.5 Å². The van der Waals surface area contributed by atoms with E-state index in [9.17, 15) is 22.9 Å². The van der Waals surface area contributed by atoms with Gasteiger partial charge in [-0.1, -0.05) is 6.42 Å². The lowest BCUT2D eigenvalue weighted by molar-refractivity contribution is -0.126. The largest absolute Gasteiger partial charge is 0.336 e. The van der Waals surface area contributed by atoms with E-state index in [-0.39, 0.29) is 35.2 Å². The number of hydrogen-bond donors (Lipinski definition) is 1. The van der Waals surface area contributed by atoms with E-state index in [1.54, 1.807) is 0 Å². The first-order valence-corrected chi connectivity index (χ1v) is 15.1. The van der Waals surface area contributed by atoms with Gasteiger partial charge in [-0.3, -0.25) is 14.6 Å². The lowest BCUT2D eigenvalue weighted by Crippen LogP contribution is -2.53. The van der Waals surface area contributed by atoms with Crippen LogP contribution in [0, 0.1) is 17.1 Å². The summed E-state index contributed by atoms with van der Waals surface area (Å²) in [6.07, 6.45) is 8.99. The van der Waals surface area contributed by atoms with Gasteiger partial charge in [0.25, 0.3) is 0 Å². The Labute approximate surface area is 212 Å². The Hall–Kier alpha value is -2.02. The summed E-state index contributed by atoms with van der Waals surface area (Å²) in [6, 6.07) is 5.66. The van der Waals surface area contributed by atoms with E-state index in [2.05, 4.69) is 21.2 Å². The average molecular weight is 515 g/mol. The average Bonchev–Trinajstić information content (AvgIpc) is 3.76. The fourth-order valence-electron chi connectivity index (χ4n) is 6.38. The second kappa shape index (κ2) is 8.78. The minimum atomic E-state index is -3.75. The van der Waals surface area contributed by atoms with Crippen molar-refractivity contribution in [2.24, 2.45) is 0 Å². The van der Waals surface area contributed by atoms with Crippen molar-refractivity contribution in [1.29, 1.82) is 5.26 Å². The van der Waals surface area contributed by atoms with Gasteiger partial charge in [0, 0.05) is 18.6 Å². The minimum Gasteiger partial charge on any atom is -0.336 e. The van der Waals surface area contributed by atoms with Crippen LogP contribution in [0.3, 0.4) is 0 Å². The van der Waals surface area contributed by atoms with Crippen molar-refractivity contribution in [1.82, 2.24) is 15.1 Å². The molecule has 6 rings (SSSR count). The number of amides is 1. The molecule has 5 fully saturated rings. The van der Waals surface area contributed by atoms with Gasteiger partial charge in [0.2, 0.25) is 5.91 Å². The van der Waals surface area contributed by atoms with Gasteiger partial charge in [0.05, 0.1) is 22.3 Å². The highest BCUT2D eigenvalue weighted by Crippen LogP contribution is 2.47. The molecule has 1 N–H and O–H groups in total. The van der Waals surface area contributed by atoms with Crippen molar-refractivity contribution in [2.45, 2.75) is 97.4 Å². The Kier molecular flexibility index (Phi) is 5.93. The monoisotopic (exact) mass is 514 g/mol. The van der Waals surface area contributed by atoms with Crippen molar-refractivity contribution >= 4 is 15.7 Å². The van der Waals surface area contributed by atoms with Gasteiger partial charge in [-0.05, 0) is 101 Å². The third-order valence-electron chi connectivity index (χ3n) is 9.08. The van der Waals surface area contributed by atoms with E-state index in [1.807, 2.05) is 0 Å². The highest BCUT2D eigenvalue weighted by Gasteiger charge is 2.54. The molecule has 0 aromatic heterocycles. The second-order valence-electron chi connectivity index (χ2n) is 11.8. The molecule has 3 aliphatic carbocycles. The number of nitrogens with one attached hydrogen (secondary N) is 1. The summed E-state index contributed by atoms with van der Waals surface area (Å²) in [5, 5.41) is 11.7. The number of benzene rings is 1. The Balaban J connectivity index is 1.27. The zero-order chi connectivity index (χ0) is 25.1. The molecule has 2 heterocycles. The predicted octanol–water partition coefficient (Wildman–Crippen LogP) is 3.11. The summed E-state index contributed by atoms with van der Waals surface area (Å²) in [6.45, 7) is 3.08. The third-order valence-corrected chi connectivity index (χ3v) is 11.3. The van der Waals surface area contributed by atoms with E-state index in [0.717, 1.165) is 38.8 Å². The van der Waals surface area contributed by atoms with Gasteiger partial charge in [-0.2, -0.15) is 5.26 Å². The molecule has 9 heteroatoms. The molecule has 5 aliphatic rings. The molecule has 0 bridgehead atoms. The summed E-state index contributed by atoms with van der Waals surface area (Å²) in [5.74, 6) is -0.548. The van der Waals surface area contributed by atoms with Crippen LogP contribution < -0.4 is 5.32 Å². The van der Waals surface area contributed by atoms with Crippen LogP contribution in [0.1, 0.15) is 75.7 Å². The van der Waals surface area contributed by atoms with Gasteiger partial charge in [-0.15, -0.1) is 0 Å². The van der Waals surface area contributed by atoms with Crippen LogP contribution >= 0.6 is 0 Å². The number of nitriles is 1. The van der Waals surface area contributed by atoms with E-state index in [4.69, 9.17) is 0 Å². The molecule has 7 nitrogen and oxygen atoms in total. The number of rotatable bonds is 8. The number of likely N-dealkylation sites (tertiary alicyclic amines) is 2. The summed E-state index contributed by atoms with van der Waals surface area (Å²) >= 11 is 0. The van der Waals surface area contributed by atoms with Crippen LogP contribution in [0.2, 0.25) is 0 Å². The van der Waals surface area contributed by atoms with E-state index in [0.29, 0.717) is 24.9 Å². The molecule has 1 amide bonds. The number of carbonyl (C=O) groups is 1. The summed E-state index contributed by atoms with van der Waals surface area (Å²) in [5.41, 5.74) is -0.179. The van der Waals surface area contributed by atoms with Crippen LogP contribution in [0.25, 0.3) is 0 Å². The van der Waals surface area contributed by atoms with Crippen molar-refractivity contribution in [2.75, 3.05) is 26.2 Å². The zero-order valence-corrected chi connectivity index (χ0v) is 21.5. The minimum absolute atomic E-state index is 0.0269. The molecule has 2 saturated heterocycles. The van der Waals surface area contributed by atoms with Gasteiger partial charge in [-0.25, -0.2) is 12.8 Å². The molecule has 3 saturated carbocycles. The van der Waals surface area contributed by atoms with E-state index < -0.39 is 32.5 Å². The molecule has 2 aliphatic heterocycles.